The van der Waals surface area contributed by atoms with Crippen molar-refractivity contribution in [3.05, 3.63) is 49.1 Å². The average molecular weight is 214 g/mol. The zero-order valence-electron chi connectivity index (χ0n) is 8.45. The summed E-state index contributed by atoms with van der Waals surface area (Å²) in [6.45, 7) is 0. The molecule has 2 N–H and O–H groups in total. The number of nitrogens with zero attached hydrogens (tertiary/aromatic N) is 3. The number of anilines is 2. The third kappa shape index (κ3) is 1.98. The zero-order chi connectivity index (χ0) is 11.4. The second kappa shape index (κ2) is 4.39. The Morgan fingerprint density at radius 3 is 1.88 bits per heavy atom. The van der Waals surface area contributed by atoms with Crippen LogP contribution in [0.25, 0.3) is 0 Å². The van der Waals surface area contributed by atoms with Gasteiger partial charge in [-0.3, -0.25) is 14.9 Å². The molecular formula is C11H10N4O. The highest BCUT2D eigenvalue weighted by Gasteiger charge is 2.14. The number of nitrogens with two attached hydrogens (primary N) is 1. The summed E-state index contributed by atoms with van der Waals surface area (Å²) in [7, 11) is 0. The number of carbonyl (C=O) groups excluding carboxylic acids is 1. The molecule has 2 amide bonds. The molecule has 0 saturated carbocycles. The van der Waals surface area contributed by atoms with Crippen molar-refractivity contribution in [1.82, 2.24) is 9.97 Å². The second-order valence-electron chi connectivity index (χ2n) is 3.10. The zero-order valence-corrected chi connectivity index (χ0v) is 8.45. The molecule has 5 heteroatoms. The number of amides is 2. The Morgan fingerprint density at radius 2 is 1.56 bits per heavy atom. The fourth-order valence-corrected chi connectivity index (χ4v) is 1.38. The van der Waals surface area contributed by atoms with Gasteiger partial charge in [0.05, 0.1) is 23.8 Å². The highest BCUT2D eigenvalue weighted by molar-refractivity contribution is 5.97. The SMILES string of the molecule is NC(=O)N(c1cccnc1)c1cccnc1. The molecule has 0 saturated heterocycles. The molecule has 2 aromatic heterocycles. The van der Waals surface area contributed by atoms with Crippen molar-refractivity contribution in [2.24, 2.45) is 5.73 Å². The van der Waals surface area contributed by atoms with Gasteiger partial charge in [0.2, 0.25) is 0 Å². The second-order valence-corrected chi connectivity index (χ2v) is 3.10. The highest BCUT2D eigenvalue weighted by Crippen LogP contribution is 2.22. The van der Waals surface area contributed by atoms with E-state index in [2.05, 4.69) is 9.97 Å². The lowest BCUT2D eigenvalue weighted by Crippen LogP contribution is -2.31. The molecule has 2 rings (SSSR count). The summed E-state index contributed by atoms with van der Waals surface area (Å²) in [6.07, 6.45) is 6.40. The van der Waals surface area contributed by atoms with Gasteiger partial charge in [0.25, 0.3) is 0 Å². The summed E-state index contributed by atoms with van der Waals surface area (Å²) < 4.78 is 0. The molecule has 0 fully saturated rings. The number of rotatable bonds is 2. The van der Waals surface area contributed by atoms with Crippen molar-refractivity contribution < 1.29 is 4.79 Å². The van der Waals surface area contributed by atoms with Gasteiger partial charge in [0, 0.05) is 12.4 Å². The molecule has 2 aromatic rings. The smallest absolute Gasteiger partial charge is 0.323 e. The van der Waals surface area contributed by atoms with Crippen LogP contribution >= 0.6 is 0 Å². The lowest BCUT2D eigenvalue weighted by Gasteiger charge is -2.19. The standard InChI is InChI=1S/C11H10N4O/c12-11(16)15(9-3-1-5-13-7-9)10-4-2-6-14-8-10/h1-8H,(H2,12,16). The normalized spacial score (nSPS) is 9.75. The minimum Gasteiger partial charge on any atom is -0.351 e. The van der Waals surface area contributed by atoms with Crippen molar-refractivity contribution in [2.45, 2.75) is 0 Å². The Bertz CT molecular complexity index is 432. The van der Waals surface area contributed by atoms with Crippen LogP contribution in [0.3, 0.4) is 0 Å². The molecule has 80 valence electrons. The van der Waals surface area contributed by atoms with Gasteiger partial charge >= 0.3 is 6.03 Å². The number of carbonyl (C=O) groups is 1. The summed E-state index contributed by atoms with van der Waals surface area (Å²) in [5.74, 6) is 0. The topological polar surface area (TPSA) is 72.1 Å². The van der Waals surface area contributed by atoms with Gasteiger partial charge in [0.1, 0.15) is 0 Å². The van der Waals surface area contributed by atoms with E-state index in [0.29, 0.717) is 11.4 Å². The third-order valence-corrected chi connectivity index (χ3v) is 2.03. The summed E-state index contributed by atoms with van der Waals surface area (Å²) in [5, 5.41) is 0. The van der Waals surface area contributed by atoms with E-state index >= 15 is 0 Å². The number of hydrogen-bond acceptors (Lipinski definition) is 3. The molecule has 0 atom stereocenters. The van der Waals surface area contributed by atoms with Crippen LogP contribution in [0.15, 0.2) is 49.1 Å². The molecular weight excluding hydrogens is 204 g/mol. The number of hydrogen-bond donors (Lipinski definition) is 1. The van der Waals surface area contributed by atoms with E-state index in [1.165, 1.54) is 4.90 Å². The maximum atomic E-state index is 11.4. The van der Waals surface area contributed by atoms with E-state index < -0.39 is 6.03 Å². The maximum absolute atomic E-state index is 11.4. The lowest BCUT2D eigenvalue weighted by molar-refractivity contribution is 0.256. The first-order valence-electron chi connectivity index (χ1n) is 4.68. The summed E-state index contributed by atoms with van der Waals surface area (Å²) in [6, 6.07) is 6.42. The fourth-order valence-electron chi connectivity index (χ4n) is 1.38. The van der Waals surface area contributed by atoms with Gasteiger partial charge in [-0.15, -0.1) is 0 Å². The summed E-state index contributed by atoms with van der Waals surface area (Å²) >= 11 is 0. The molecule has 0 unspecified atom stereocenters. The maximum Gasteiger partial charge on any atom is 0.323 e. The van der Waals surface area contributed by atoms with Gasteiger partial charge in [-0.25, -0.2) is 4.79 Å². The molecule has 16 heavy (non-hydrogen) atoms. The molecule has 0 aliphatic heterocycles. The van der Waals surface area contributed by atoms with Crippen LogP contribution in [0, 0.1) is 0 Å². The molecule has 0 bridgehead atoms. The first-order valence-corrected chi connectivity index (χ1v) is 4.68. The van der Waals surface area contributed by atoms with E-state index in [9.17, 15) is 4.79 Å². The Balaban J connectivity index is 2.44. The minimum absolute atomic E-state index is 0.569. The van der Waals surface area contributed by atoms with Crippen LogP contribution < -0.4 is 10.6 Å². The van der Waals surface area contributed by atoms with E-state index in [1.54, 1.807) is 49.1 Å². The van der Waals surface area contributed by atoms with E-state index in [0.717, 1.165) is 0 Å². The van der Waals surface area contributed by atoms with Crippen molar-refractivity contribution in [2.75, 3.05) is 4.90 Å². The molecule has 0 spiro atoms. The largest absolute Gasteiger partial charge is 0.351 e. The Hall–Kier alpha value is -2.43. The fraction of sp³-hybridized carbons (Fsp3) is 0. The molecule has 0 aliphatic carbocycles. The van der Waals surface area contributed by atoms with Gasteiger partial charge < -0.3 is 5.73 Å². The Kier molecular flexibility index (Phi) is 2.77. The van der Waals surface area contributed by atoms with Crippen LogP contribution in [0.1, 0.15) is 0 Å². The number of pyridine rings is 2. The van der Waals surface area contributed by atoms with E-state index in [-0.39, 0.29) is 0 Å². The van der Waals surface area contributed by atoms with Crippen LogP contribution in [0.4, 0.5) is 16.2 Å². The van der Waals surface area contributed by atoms with Crippen molar-refractivity contribution >= 4 is 17.4 Å². The van der Waals surface area contributed by atoms with Gasteiger partial charge in [0.15, 0.2) is 0 Å². The van der Waals surface area contributed by atoms with Crippen molar-refractivity contribution in [1.29, 1.82) is 0 Å². The Morgan fingerprint density at radius 1 is 1.06 bits per heavy atom. The minimum atomic E-state index is -0.569. The highest BCUT2D eigenvalue weighted by atomic mass is 16.2. The molecule has 0 aliphatic rings. The summed E-state index contributed by atoms with van der Waals surface area (Å²) in [5.41, 5.74) is 6.56. The number of aromatic nitrogens is 2. The van der Waals surface area contributed by atoms with Crippen LogP contribution in [-0.2, 0) is 0 Å². The Labute approximate surface area is 92.6 Å². The van der Waals surface area contributed by atoms with Gasteiger partial charge in [-0.2, -0.15) is 0 Å². The first kappa shape index (κ1) is 10.1. The van der Waals surface area contributed by atoms with Crippen LogP contribution in [-0.4, -0.2) is 16.0 Å². The third-order valence-electron chi connectivity index (χ3n) is 2.03. The van der Waals surface area contributed by atoms with Crippen molar-refractivity contribution in [3.63, 3.8) is 0 Å². The van der Waals surface area contributed by atoms with Crippen LogP contribution in [0.5, 0.6) is 0 Å². The monoisotopic (exact) mass is 214 g/mol. The molecule has 0 radical (unpaired) electrons. The first-order chi connectivity index (χ1) is 7.79. The van der Waals surface area contributed by atoms with E-state index in [4.69, 9.17) is 5.73 Å². The molecule has 5 nitrogen and oxygen atoms in total. The lowest BCUT2D eigenvalue weighted by atomic mass is 10.3. The van der Waals surface area contributed by atoms with Crippen LogP contribution in [0.2, 0.25) is 0 Å². The summed E-state index contributed by atoms with van der Waals surface area (Å²) in [4.78, 5) is 20.6. The average Bonchev–Trinajstić information content (AvgIpc) is 2.31. The van der Waals surface area contributed by atoms with Gasteiger partial charge in [-0.05, 0) is 24.3 Å². The number of urea groups is 1. The predicted molar refractivity (Wildman–Crippen MR) is 60.2 cm³/mol. The quantitative estimate of drug-likeness (QED) is 0.826. The van der Waals surface area contributed by atoms with Crippen molar-refractivity contribution in [3.8, 4) is 0 Å². The number of primary amides is 1. The predicted octanol–water partition coefficient (Wildman–Crippen LogP) is 1.69. The molecule has 2 heterocycles. The van der Waals surface area contributed by atoms with Gasteiger partial charge in [-0.1, -0.05) is 0 Å². The molecule has 0 aromatic carbocycles. The van der Waals surface area contributed by atoms with E-state index in [1.807, 2.05) is 0 Å².